The molecule has 206 valence electrons. The standard InChI is InChI=1S/C30H53F3O2/c1-7-8-9-25-24(14-13-23-19-29(35,30(31,32)33)17-16-28(23,25)6)22-12-11-21(18-22)20(2)10-15-26(34)27(3,4)5/h20-26,34-35H,7-19H2,1-6H3/t20-,21+,22-,23-,24+,25+,26-,28+,29+/m1/s1. The summed E-state index contributed by atoms with van der Waals surface area (Å²) in [6.07, 6.45) is 6.36. The molecule has 0 spiro atoms. The van der Waals surface area contributed by atoms with Crippen LogP contribution >= 0.6 is 0 Å². The zero-order valence-corrected chi connectivity index (χ0v) is 23.3. The highest BCUT2D eigenvalue weighted by Gasteiger charge is 2.62. The van der Waals surface area contributed by atoms with E-state index in [2.05, 4.69) is 41.5 Å². The van der Waals surface area contributed by atoms with Crippen LogP contribution in [-0.2, 0) is 0 Å². The third-order valence-electron chi connectivity index (χ3n) is 11.0. The molecular weight excluding hydrogens is 449 g/mol. The summed E-state index contributed by atoms with van der Waals surface area (Å²) in [5.41, 5.74) is -2.66. The van der Waals surface area contributed by atoms with Gasteiger partial charge < -0.3 is 10.2 Å². The first kappa shape index (κ1) is 29.3. The van der Waals surface area contributed by atoms with Gasteiger partial charge in [0.2, 0.25) is 0 Å². The van der Waals surface area contributed by atoms with E-state index in [-0.39, 0.29) is 35.7 Å². The Bertz CT molecular complexity index is 686. The van der Waals surface area contributed by atoms with E-state index in [1.165, 1.54) is 19.3 Å². The lowest BCUT2D eigenvalue weighted by Crippen LogP contribution is -2.57. The van der Waals surface area contributed by atoms with Crippen molar-refractivity contribution in [2.45, 2.75) is 143 Å². The average molecular weight is 503 g/mol. The van der Waals surface area contributed by atoms with Gasteiger partial charge in [-0.25, -0.2) is 0 Å². The minimum absolute atomic E-state index is 0.0315. The molecule has 0 amide bonds. The summed E-state index contributed by atoms with van der Waals surface area (Å²) < 4.78 is 41.0. The molecule has 0 aliphatic heterocycles. The highest BCUT2D eigenvalue weighted by molar-refractivity contribution is 5.06. The van der Waals surface area contributed by atoms with E-state index < -0.39 is 11.8 Å². The van der Waals surface area contributed by atoms with Gasteiger partial charge in [0.25, 0.3) is 0 Å². The number of halogens is 3. The molecule has 3 fully saturated rings. The van der Waals surface area contributed by atoms with Crippen LogP contribution in [-0.4, -0.2) is 28.1 Å². The van der Waals surface area contributed by atoms with Crippen molar-refractivity contribution in [2.75, 3.05) is 0 Å². The Morgan fingerprint density at radius 1 is 1.00 bits per heavy atom. The predicted molar refractivity (Wildman–Crippen MR) is 137 cm³/mol. The van der Waals surface area contributed by atoms with Crippen molar-refractivity contribution in [3.63, 3.8) is 0 Å². The Hall–Kier alpha value is -0.290. The van der Waals surface area contributed by atoms with E-state index in [0.29, 0.717) is 36.0 Å². The fraction of sp³-hybridized carbons (Fsp3) is 1.00. The molecule has 2 N–H and O–H groups in total. The lowest BCUT2D eigenvalue weighted by Gasteiger charge is -2.58. The van der Waals surface area contributed by atoms with Gasteiger partial charge in [0.15, 0.2) is 5.60 Å². The van der Waals surface area contributed by atoms with Gasteiger partial charge in [0.05, 0.1) is 6.10 Å². The molecular formula is C30H53F3O2. The van der Waals surface area contributed by atoms with Crippen LogP contribution in [0.25, 0.3) is 0 Å². The number of aliphatic hydroxyl groups is 2. The highest BCUT2D eigenvalue weighted by Crippen LogP contribution is 2.63. The maximum atomic E-state index is 13.7. The molecule has 0 aromatic rings. The highest BCUT2D eigenvalue weighted by atomic mass is 19.4. The van der Waals surface area contributed by atoms with Gasteiger partial charge in [-0.05, 0) is 117 Å². The maximum absolute atomic E-state index is 13.7. The number of rotatable bonds is 8. The normalized spacial score (nSPS) is 40.4. The zero-order chi connectivity index (χ0) is 26.2. The van der Waals surface area contributed by atoms with Crippen LogP contribution in [0.5, 0.6) is 0 Å². The SMILES string of the molecule is CCCC[C@H]1[C@H]([C@@H]2CC[C@H]([C@H](C)CC[C@@H](O)C(C)(C)C)C2)CC[C@@H]2C[C@](O)(C(F)(F)F)CC[C@@]21C. The molecule has 3 aliphatic rings. The molecule has 0 radical (unpaired) electrons. The molecule has 35 heavy (non-hydrogen) atoms. The Morgan fingerprint density at radius 2 is 1.69 bits per heavy atom. The summed E-state index contributed by atoms with van der Waals surface area (Å²) in [7, 11) is 0. The fourth-order valence-corrected chi connectivity index (χ4v) is 8.26. The molecule has 5 heteroatoms. The van der Waals surface area contributed by atoms with Crippen molar-refractivity contribution in [3.8, 4) is 0 Å². The Labute approximate surface area is 212 Å². The third-order valence-corrected chi connectivity index (χ3v) is 11.0. The van der Waals surface area contributed by atoms with Gasteiger partial charge in [-0.15, -0.1) is 0 Å². The second-order valence-corrected chi connectivity index (χ2v) is 14.2. The topological polar surface area (TPSA) is 40.5 Å². The number of fused-ring (bicyclic) bond motifs is 1. The smallest absolute Gasteiger partial charge is 0.393 e. The molecule has 2 nitrogen and oxygen atoms in total. The van der Waals surface area contributed by atoms with Gasteiger partial charge in [0, 0.05) is 0 Å². The number of unbranched alkanes of at least 4 members (excludes halogenated alkanes) is 1. The summed E-state index contributed by atoms with van der Waals surface area (Å²) in [6, 6.07) is 0. The van der Waals surface area contributed by atoms with Gasteiger partial charge >= 0.3 is 6.18 Å². The molecule has 3 saturated carbocycles. The van der Waals surface area contributed by atoms with Crippen molar-refractivity contribution < 1.29 is 23.4 Å². The summed E-state index contributed by atoms with van der Waals surface area (Å²) in [6.45, 7) is 13.1. The number of alkyl halides is 3. The average Bonchev–Trinajstić information content (AvgIpc) is 3.25. The Balaban J connectivity index is 1.68. The molecule has 0 unspecified atom stereocenters. The Morgan fingerprint density at radius 3 is 2.29 bits per heavy atom. The molecule has 3 aliphatic carbocycles. The van der Waals surface area contributed by atoms with E-state index in [9.17, 15) is 23.4 Å². The van der Waals surface area contributed by atoms with E-state index in [1.807, 2.05) is 0 Å². The zero-order valence-electron chi connectivity index (χ0n) is 23.3. The second-order valence-electron chi connectivity index (χ2n) is 14.2. The quantitative estimate of drug-likeness (QED) is 0.349. The molecule has 9 atom stereocenters. The van der Waals surface area contributed by atoms with Crippen LogP contribution < -0.4 is 0 Å². The van der Waals surface area contributed by atoms with E-state index >= 15 is 0 Å². The minimum Gasteiger partial charge on any atom is -0.393 e. The number of hydrogen-bond acceptors (Lipinski definition) is 2. The monoisotopic (exact) mass is 502 g/mol. The molecule has 3 rings (SSSR count). The first-order valence-corrected chi connectivity index (χ1v) is 14.6. The summed E-state index contributed by atoms with van der Waals surface area (Å²) in [5.74, 6) is 3.03. The molecule has 0 bridgehead atoms. The van der Waals surface area contributed by atoms with Gasteiger partial charge in [-0.1, -0.05) is 54.4 Å². The second kappa shape index (κ2) is 10.8. The third kappa shape index (κ3) is 6.24. The minimum atomic E-state index is -4.53. The van der Waals surface area contributed by atoms with Crippen molar-refractivity contribution >= 4 is 0 Å². The van der Waals surface area contributed by atoms with Crippen LogP contribution in [0.3, 0.4) is 0 Å². The van der Waals surface area contributed by atoms with Gasteiger partial charge in [-0.3, -0.25) is 0 Å². The van der Waals surface area contributed by atoms with E-state index in [1.54, 1.807) is 0 Å². The molecule has 0 heterocycles. The van der Waals surface area contributed by atoms with Crippen LogP contribution in [0, 0.1) is 46.3 Å². The van der Waals surface area contributed by atoms with Crippen LogP contribution in [0.2, 0.25) is 0 Å². The summed E-state index contributed by atoms with van der Waals surface area (Å²) in [5, 5.41) is 21.0. The van der Waals surface area contributed by atoms with Crippen LogP contribution in [0.15, 0.2) is 0 Å². The van der Waals surface area contributed by atoms with Crippen molar-refractivity contribution in [3.05, 3.63) is 0 Å². The number of aliphatic hydroxyl groups excluding tert-OH is 1. The summed E-state index contributed by atoms with van der Waals surface area (Å²) in [4.78, 5) is 0. The summed E-state index contributed by atoms with van der Waals surface area (Å²) >= 11 is 0. The fourth-order valence-electron chi connectivity index (χ4n) is 8.26. The van der Waals surface area contributed by atoms with Crippen molar-refractivity contribution in [2.24, 2.45) is 46.3 Å². The van der Waals surface area contributed by atoms with Gasteiger partial charge in [-0.2, -0.15) is 13.2 Å². The largest absolute Gasteiger partial charge is 0.417 e. The Kier molecular flexibility index (Phi) is 9.06. The van der Waals surface area contributed by atoms with Crippen LogP contribution in [0.4, 0.5) is 13.2 Å². The molecule has 0 aromatic carbocycles. The number of hydrogen-bond donors (Lipinski definition) is 2. The molecule has 0 saturated heterocycles. The lowest BCUT2D eigenvalue weighted by atomic mass is 9.48. The maximum Gasteiger partial charge on any atom is 0.417 e. The van der Waals surface area contributed by atoms with Crippen molar-refractivity contribution in [1.29, 1.82) is 0 Å². The van der Waals surface area contributed by atoms with Crippen LogP contribution in [0.1, 0.15) is 125 Å². The first-order valence-electron chi connectivity index (χ1n) is 14.6. The van der Waals surface area contributed by atoms with E-state index in [4.69, 9.17) is 0 Å². The predicted octanol–water partition coefficient (Wildman–Crippen LogP) is 8.54. The molecule has 0 aromatic heterocycles. The first-order chi connectivity index (χ1) is 16.1. The van der Waals surface area contributed by atoms with Gasteiger partial charge in [0.1, 0.15) is 0 Å². The lowest BCUT2D eigenvalue weighted by molar-refractivity contribution is -0.288. The van der Waals surface area contributed by atoms with Crippen molar-refractivity contribution in [1.82, 2.24) is 0 Å². The van der Waals surface area contributed by atoms with E-state index in [0.717, 1.165) is 44.9 Å².